The van der Waals surface area contributed by atoms with E-state index in [-0.39, 0.29) is 16.6 Å². The van der Waals surface area contributed by atoms with Crippen LogP contribution in [0.5, 0.6) is 5.75 Å². The number of amides is 1. The van der Waals surface area contributed by atoms with Crippen molar-refractivity contribution >= 4 is 33.4 Å². The zero-order valence-electron chi connectivity index (χ0n) is 17.6. The van der Waals surface area contributed by atoms with Crippen LogP contribution in [-0.4, -0.2) is 44.6 Å². The second-order valence-electron chi connectivity index (χ2n) is 7.43. The number of carbonyl (C=O) groups excluding carboxylic acids is 1. The summed E-state index contributed by atoms with van der Waals surface area (Å²) in [5.41, 5.74) is 2.67. The van der Waals surface area contributed by atoms with Crippen molar-refractivity contribution in [1.29, 1.82) is 0 Å². The number of rotatable bonds is 7. The molecule has 162 valence electrons. The molecule has 0 aromatic heterocycles. The van der Waals surface area contributed by atoms with E-state index in [0.717, 1.165) is 29.7 Å². The van der Waals surface area contributed by atoms with Gasteiger partial charge in [-0.2, -0.15) is 4.31 Å². The average Bonchev–Trinajstić information content (AvgIpc) is 2.73. The second kappa shape index (κ2) is 9.85. The fourth-order valence-electron chi connectivity index (χ4n) is 3.49. The van der Waals surface area contributed by atoms with Gasteiger partial charge in [-0.05, 0) is 56.5 Å². The smallest absolute Gasteiger partial charge is 0.243 e. The van der Waals surface area contributed by atoms with Crippen molar-refractivity contribution in [2.24, 2.45) is 0 Å². The highest BCUT2D eigenvalue weighted by molar-refractivity contribution is 8.00. The largest absolute Gasteiger partial charge is 0.495 e. The number of thioether (sulfide) groups is 1. The Labute approximate surface area is 183 Å². The molecule has 0 bridgehead atoms. The zero-order chi connectivity index (χ0) is 21.7. The number of hydrogen-bond donors (Lipinski definition) is 1. The molecule has 1 heterocycles. The van der Waals surface area contributed by atoms with Crippen LogP contribution in [0.1, 0.15) is 30.4 Å². The van der Waals surface area contributed by atoms with Crippen molar-refractivity contribution in [2.75, 3.05) is 31.3 Å². The molecule has 0 unspecified atom stereocenters. The molecule has 0 atom stereocenters. The lowest BCUT2D eigenvalue weighted by Crippen LogP contribution is -2.35. The van der Waals surface area contributed by atoms with Gasteiger partial charge < -0.3 is 10.1 Å². The Hall–Kier alpha value is -2.03. The molecule has 1 saturated heterocycles. The Bertz CT molecular complexity index is 1020. The summed E-state index contributed by atoms with van der Waals surface area (Å²) in [5.74, 6) is 0.430. The molecule has 1 aliphatic heterocycles. The fraction of sp³-hybridized carbons (Fsp3) is 0.409. The Kier molecular flexibility index (Phi) is 7.44. The zero-order valence-corrected chi connectivity index (χ0v) is 19.2. The van der Waals surface area contributed by atoms with Crippen LogP contribution in [0.25, 0.3) is 0 Å². The first-order chi connectivity index (χ1) is 14.3. The van der Waals surface area contributed by atoms with Crippen molar-refractivity contribution in [2.45, 2.75) is 42.9 Å². The Morgan fingerprint density at radius 1 is 1.10 bits per heavy atom. The van der Waals surface area contributed by atoms with Crippen LogP contribution in [0.2, 0.25) is 0 Å². The normalized spacial score (nSPS) is 15.0. The number of nitrogens with zero attached hydrogens (tertiary/aromatic N) is 1. The van der Waals surface area contributed by atoms with Crippen molar-refractivity contribution < 1.29 is 17.9 Å². The predicted octanol–water partition coefficient (Wildman–Crippen LogP) is 4.22. The molecule has 2 aromatic rings. The van der Waals surface area contributed by atoms with Gasteiger partial charge in [0.1, 0.15) is 5.75 Å². The van der Waals surface area contributed by atoms with E-state index < -0.39 is 10.0 Å². The fourth-order valence-corrected chi connectivity index (χ4v) is 5.84. The van der Waals surface area contributed by atoms with E-state index in [1.807, 2.05) is 26.0 Å². The second-order valence-corrected chi connectivity index (χ2v) is 10.4. The number of piperidine rings is 1. The third-order valence-corrected chi connectivity index (χ3v) is 8.16. The minimum Gasteiger partial charge on any atom is -0.495 e. The van der Waals surface area contributed by atoms with E-state index in [9.17, 15) is 13.2 Å². The van der Waals surface area contributed by atoms with E-state index in [1.54, 1.807) is 6.07 Å². The third kappa shape index (κ3) is 5.36. The molecular weight excluding hydrogens is 420 g/mol. The number of nitrogens with one attached hydrogen (secondary N) is 1. The summed E-state index contributed by atoms with van der Waals surface area (Å²) in [7, 11) is -2.09. The Morgan fingerprint density at radius 2 is 1.83 bits per heavy atom. The van der Waals surface area contributed by atoms with E-state index in [2.05, 4.69) is 11.4 Å². The summed E-state index contributed by atoms with van der Waals surface area (Å²) in [6, 6.07) is 10.7. The molecule has 0 aliphatic carbocycles. The van der Waals surface area contributed by atoms with Gasteiger partial charge in [-0.1, -0.05) is 24.1 Å². The molecule has 2 aromatic carbocycles. The van der Waals surface area contributed by atoms with Crippen molar-refractivity contribution in [1.82, 2.24) is 4.31 Å². The van der Waals surface area contributed by atoms with Gasteiger partial charge in [0.25, 0.3) is 0 Å². The van der Waals surface area contributed by atoms with E-state index in [0.29, 0.717) is 24.5 Å². The van der Waals surface area contributed by atoms with Gasteiger partial charge in [0.15, 0.2) is 0 Å². The Morgan fingerprint density at radius 3 is 2.50 bits per heavy atom. The molecule has 1 aliphatic rings. The highest BCUT2D eigenvalue weighted by atomic mass is 32.2. The van der Waals surface area contributed by atoms with E-state index in [1.165, 1.54) is 40.9 Å². The summed E-state index contributed by atoms with van der Waals surface area (Å²) >= 11 is 1.45. The quantitative estimate of drug-likeness (QED) is 0.642. The summed E-state index contributed by atoms with van der Waals surface area (Å²) in [6.07, 6.45) is 2.79. The number of ether oxygens (including phenoxy) is 1. The lowest BCUT2D eigenvalue weighted by molar-refractivity contribution is -0.113. The van der Waals surface area contributed by atoms with Crippen molar-refractivity contribution in [3.05, 3.63) is 47.5 Å². The first-order valence-electron chi connectivity index (χ1n) is 9.99. The van der Waals surface area contributed by atoms with Crippen molar-refractivity contribution in [3.63, 3.8) is 0 Å². The van der Waals surface area contributed by atoms with Crippen LogP contribution in [0.3, 0.4) is 0 Å². The van der Waals surface area contributed by atoms with Crippen molar-refractivity contribution in [3.8, 4) is 5.75 Å². The van der Waals surface area contributed by atoms with Crippen LogP contribution >= 0.6 is 11.8 Å². The Balaban J connectivity index is 1.74. The van der Waals surface area contributed by atoms with Crippen LogP contribution in [0.4, 0.5) is 5.69 Å². The highest BCUT2D eigenvalue weighted by Gasteiger charge is 2.27. The number of benzene rings is 2. The van der Waals surface area contributed by atoms with Gasteiger partial charge in [0.2, 0.25) is 15.9 Å². The van der Waals surface area contributed by atoms with Gasteiger partial charge in [0, 0.05) is 18.0 Å². The molecule has 30 heavy (non-hydrogen) atoms. The summed E-state index contributed by atoms with van der Waals surface area (Å²) in [6.45, 7) is 5.11. The van der Waals surface area contributed by atoms with Crippen LogP contribution in [0.15, 0.2) is 46.2 Å². The number of sulfonamides is 1. The molecule has 1 fully saturated rings. The van der Waals surface area contributed by atoms with Gasteiger partial charge in [-0.25, -0.2) is 8.42 Å². The van der Waals surface area contributed by atoms with Gasteiger partial charge in [-0.3, -0.25) is 4.79 Å². The predicted molar refractivity (Wildman–Crippen MR) is 121 cm³/mol. The van der Waals surface area contributed by atoms with Crippen LogP contribution in [0, 0.1) is 13.8 Å². The lowest BCUT2D eigenvalue weighted by Gasteiger charge is -2.26. The average molecular weight is 449 g/mol. The van der Waals surface area contributed by atoms with Crippen LogP contribution in [-0.2, 0) is 14.8 Å². The number of hydrogen-bond acceptors (Lipinski definition) is 5. The summed E-state index contributed by atoms with van der Waals surface area (Å²) < 4.78 is 32.8. The molecule has 1 amide bonds. The lowest BCUT2D eigenvalue weighted by atomic mass is 10.2. The summed E-state index contributed by atoms with van der Waals surface area (Å²) in [4.78, 5) is 13.8. The highest BCUT2D eigenvalue weighted by Crippen LogP contribution is 2.30. The maximum atomic E-state index is 13.0. The van der Waals surface area contributed by atoms with Gasteiger partial charge in [-0.15, -0.1) is 11.8 Å². The molecule has 8 heteroatoms. The number of carbonyl (C=O) groups is 1. The summed E-state index contributed by atoms with van der Waals surface area (Å²) in [5, 5.41) is 2.81. The molecule has 0 saturated carbocycles. The molecule has 6 nitrogen and oxygen atoms in total. The van der Waals surface area contributed by atoms with E-state index >= 15 is 0 Å². The molecule has 1 N–H and O–H groups in total. The van der Waals surface area contributed by atoms with Gasteiger partial charge >= 0.3 is 0 Å². The molecule has 0 radical (unpaired) electrons. The molecular formula is C22H28N2O4S2. The van der Waals surface area contributed by atoms with Gasteiger partial charge in [0.05, 0.1) is 23.4 Å². The topological polar surface area (TPSA) is 75.7 Å². The van der Waals surface area contributed by atoms with Crippen LogP contribution < -0.4 is 10.1 Å². The molecule has 3 rings (SSSR count). The minimum absolute atomic E-state index is 0.169. The SMILES string of the molecule is COc1ccc(S(=O)(=O)N2CCCCC2)cc1NC(=O)CSc1ccc(C)cc1C. The number of methoxy groups -OCH3 is 1. The minimum atomic E-state index is -3.59. The standard InChI is InChI=1S/C22H28N2O4S2/c1-16-7-10-21(17(2)13-16)29-15-22(25)23-19-14-18(8-9-20(19)28-3)30(26,27)24-11-5-4-6-12-24/h7-10,13-14H,4-6,11-12,15H2,1-3H3,(H,23,25). The third-order valence-electron chi connectivity index (χ3n) is 5.09. The first kappa shape index (κ1) is 22.7. The van der Waals surface area contributed by atoms with E-state index in [4.69, 9.17) is 4.74 Å². The maximum Gasteiger partial charge on any atom is 0.243 e. The number of anilines is 1. The molecule has 0 spiro atoms. The maximum absolute atomic E-state index is 13.0. The monoisotopic (exact) mass is 448 g/mol. The first-order valence-corrected chi connectivity index (χ1v) is 12.4. The number of aryl methyl sites for hydroxylation is 2.